The van der Waals surface area contributed by atoms with Crippen LogP contribution in [0, 0.1) is 0 Å². The van der Waals surface area contributed by atoms with Crippen LogP contribution in [-0.4, -0.2) is 38.3 Å². The summed E-state index contributed by atoms with van der Waals surface area (Å²) < 4.78 is 23.8. The summed E-state index contributed by atoms with van der Waals surface area (Å²) in [4.78, 5) is 0. The first-order valence-corrected chi connectivity index (χ1v) is 12.5. The van der Waals surface area contributed by atoms with Gasteiger partial charge in [0.15, 0.2) is 0 Å². The van der Waals surface area contributed by atoms with Crippen LogP contribution in [-0.2, 0) is 36.6 Å². The van der Waals surface area contributed by atoms with Crippen LogP contribution < -0.4 is 0 Å². The Morgan fingerprint density at radius 2 is 2.11 bits per heavy atom. The molecule has 0 radical (unpaired) electrons. The van der Waals surface area contributed by atoms with Gasteiger partial charge in [-0.2, -0.15) is 0 Å². The summed E-state index contributed by atoms with van der Waals surface area (Å²) in [6.45, 7) is 7.53. The summed E-state index contributed by atoms with van der Waals surface area (Å²) in [6, 6.07) is 8.08. The van der Waals surface area contributed by atoms with E-state index in [1.807, 2.05) is 18.2 Å². The molecule has 2 fully saturated rings. The van der Waals surface area contributed by atoms with Crippen LogP contribution in [0.3, 0.4) is 0 Å². The molecule has 0 spiro atoms. The van der Waals surface area contributed by atoms with Crippen molar-refractivity contribution in [3.63, 3.8) is 0 Å². The van der Waals surface area contributed by atoms with Crippen LogP contribution >= 0.6 is 18.4 Å². The molecule has 0 bridgehead atoms. The minimum atomic E-state index is -0.340. The molecule has 1 aromatic rings. The Morgan fingerprint density at radius 1 is 1.25 bits per heavy atom. The van der Waals surface area contributed by atoms with Crippen molar-refractivity contribution in [1.82, 2.24) is 0 Å². The van der Waals surface area contributed by atoms with Crippen LogP contribution in [0.15, 0.2) is 36.4 Å². The van der Waals surface area contributed by atoms with Crippen molar-refractivity contribution in [3.8, 4) is 0 Å². The second kappa shape index (κ2) is 11.8. The predicted octanol–water partition coefficient (Wildman–Crippen LogP) is 4.80. The zero-order valence-corrected chi connectivity index (χ0v) is 18.6. The Kier molecular flexibility index (Phi) is 9.39. The number of hydrogen-bond donors (Lipinski definition) is 0. The average molecular weight is 441 g/mol. The SMILES string of the molecule is C=C1C[C@H](C[C@@H]2CCO[C@H](c3cccc(CCl)c3)O2)O[C@@H](CCOB=[PH]=S)C1. The van der Waals surface area contributed by atoms with E-state index in [4.69, 9.17) is 42.3 Å². The minimum absolute atomic E-state index is 0.112. The third-order valence-corrected chi connectivity index (χ3v) is 5.90. The Bertz CT molecular complexity index is 715. The molecule has 1 unspecified atom stereocenters. The molecule has 2 aliphatic heterocycles. The molecule has 1 aromatic carbocycles. The van der Waals surface area contributed by atoms with Crippen molar-refractivity contribution in [3.05, 3.63) is 47.5 Å². The van der Waals surface area contributed by atoms with Gasteiger partial charge >= 0.3 is 144 Å². The predicted molar refractivity (Wildman–Crippen MR) is 118 cm³/mol. The number of alkyl halides is 1. The summed E-state index contributed by atoms with van der Waals surface area (Å²) in [5.74, 6) is 0.484. The van der Waals surface area contributed by atoms with E-state index in [0.717, 1.165) is 43.2 Å². The molecule has 2 aliphatic rings. The summed E-state index contributed by atoms with van der Waals surface area (Å²) in [5, 5.41) is 0. The van der Waals surface area contributed by atoms with Gasteiger partial charge in [-0.05, 0) is 5.56 Å². The third kappa shape index (κ3) is 6.88. The van der Waals surface area contributed by atoms with E-state index in [1.165, 1.54) is 5.57 Å². The summed E-state index contributed by atoms with van der Waals surface area (Å²) in [5.41, 5.74) is 3.33. The van der Waals surface area contributed by atoms with E-state index < -0.39 is 0 Å². The van der Waals surface area contributed by atoms with Gasteiger partial charge in [-0.3, -0.25) is 0 Å². The second-order valence-electron chi connectivity index (χ2n) is 7.30. The van der Waals surface area contributed by atoms with Gasteiger partial charge in [0.05, 0.1) is 0 Å². The molecule has 0 N–H and O–H groups in total. The monoisotopic (exact) mass is 440 g/mol. The molecule has 8 heteroatoms. The van der Waals surface area contributed by atoms with Crippen molar-refractivity contribution in [2.75, 3.05) is 13.2 Å². The fourth-order valence-electron chi connectivity index (χ4n) is 3.75. The van der Waals surface area contributed by atoms with Crippen molar-refractivity contribution in [2.24, 2.45) is 0 Å². The van der Waals surface area contributed by atoms with E-state index in [2.05, 4.69) is 12.6 Å². The Hall–Kier alpha value is -0.325. The third-order valence-electron chi connectivity index (χ3n) is 5.04. The van der Waals surface area contributed by atoms with Crippen molar-refractivity contribution >= 4 is 37.1 Å². The number of halogens is 1. The number of ether oxygens (including phenoxy) is 3. The van der Waals surface area contributed by atoms with E-state index in [1.54, 1.807) is 6.82 Å². The van der Waals surface area contributed by atoms with Crippen LogP contribution in [0.5, 0.6) is 0 Å². The standard InChI is InChI=1S/C20H27BClO4PS/c1-14-9-17(6-8-24-21-27-28)25-19(10-14)12-18-5-7-23-20(26-18)16-4-2-3-15(11-16)13-22/h2-4,11,17-20,27H,1,5-10,12-13H2/t17-,18-,19+,20-/m0/s1. The van der Waals surface area contributed by atoms with E-state index in [9.17, 15) is 0 Å². The maximum atomic E-state index is 6.30. The van der Waals surface area contributed by atoms with Crippen molar-refractivity contribution < 1.29 is 18.9 Å². The topological polar surface area (TPSA) is 36.9 Å². The molecule has 28 heavy (non-hydrogen) atoms. The quantitative estimate of drug-likeness (QED) is 0.191. The molecule has 2 heterocycles. The zero-order valence-electron chi connectivity index (χ0n) is 16.0. The van der Waals surface area contributed by atoms with E-state index >= 15 is 0 Å². The van der Waals surface area contributed by atoms with Crippen LogP contribution in [0.1, 0.15) is 49.5 Å². The van der Waals surface area contributed by atoms with Crippen molar-refractivity contribution in [2.45, 2.75) is 62.6 Å². The van der Waals surface area contributed by atoms with Crippen molar-refractivity contribution in [1.29, 1.82) is 0 Å². The molecular weight excluding hydrogens is 414 g/mol. The molecule has 2 saturated heterocycles. The van der Waals surface area contributed by atoms with Gasteiger partial charge in [-0.1, -0.05) is 12.1 Å². The Labute approximate surface area is 179 Å². The molecular formula is C20H27BClO4PS. The van der Waals surface area contributed by atoms with E-state index in [0.29, 0.717) is 25.9 Å². The normalized spacial score (nSPS) is 28.2. The molecule has 0 saturated carbocycles. The zero-order chi connectivity index (χ0) is 19.8. The maximum absolute atomic E-state index is 6.30. The summed E-state index contributed by atoms with van der Waals surface area (Å²) in [7, 11) is 0. The van der Waals surface area contributed by atoms with Gasteiger partial charge < -0.3 is 0 Å². The molecule has 5 atom stereocenters. The molecule has 0 aromatic heterocycles. The van der Waals surface area contributed by atoms with Gasteiger partial charge in [0.25, 0.3) is 0 Å². The van der Waals surface area contributed by atoms with Gasteiger partial charge in [0, 0.05) is 5.88 Å². The number of benzene rings is 1. The van der Waals surface area contributed by atoms with E-state index in [-0.39, 0.29) is 24.6 Å². The van der Waals surface area contributed by atoms with Gasteiger partial charge in [0.1, 0.15) is 0 Å². The van der Waals surface area contributed by atoms with Crippen LogP contribution in [0.2, 0.25) is 0 Å². The second-order valence-corrected chi connectivity index (χ2v) is 8.74. The molecule has 152 valence electrons. The van der Waals surface area contributed by atoms with Crippen LogP contribution in [0.4, 0.5) is 0 Å². The first kappa shape index (κ1) is 22.4. The molecule has 0 amide bonds. The van der Waals surface area contributed by atoms with Gasteiger partial charge in [-0.25, -0.2) is 0 Å². The average Bonchev–Trinajstić information content (AvgIpc) is 2.71. The Balaban J connectivity index is 1.53. The molecule has 4 nitrogen and oxygen atoms in total. The summed E-state index contributed by atoms with van der Waals surface area (Å²) in [6.07, 6.45) is 4.44. The van der Waals surface area contributed by atoms with Gasteiger partial charge in [0.2, 0.25) is 0 Å². The molecule has 0 aliphatic carbocycles. The first-order valence-electron chi connectivity index (χ1n) is 9.73. The number of rotatable bonds is 8. The fraction of sp³-hybridized carbons (Fsp3) is 0.600. The first-order chi connectivity index (χ1) is 13.7. The summed E-state index contributed by atoms with van der Waals surface area (Å²) >= 11 is 10.8. The number of hydrogen-bond acceptors (Lipinski definition) is 5. The van der Waals surface area contributed by atoms with Gasteiger partial charge in [-0.15, -0.1) is 11.6 Å². The van der Waals surface area contributed by atoms with Crippen LogP contribution in [0.25, 0.3) is 0 Å². The fourth-order valence-corrected chi connectivity index (χ4v) is 4.31. The Morgan fingerprint density at radius 3 is 2.93 bits per heavy atom. The molecule has 3 rings (SSSR count).